The Balaban J connectivity index is 2.21. The zero-order valence-electron chi connectivity index (χ0n) is 12.2. The number of nitrogens with zero attached hydrogens (tertiary/aromatic N) is 2. The van der Waals surface area contributed by atoms with Crippen LogP contribution in [0.1, 0.15) is 30.3 Å². The fourth-order valence-electron chi connectivity index (χ4n) is 2.46. The van der Waals surface area contributed by atoms with Crippen LogP contribution in [0.5, 0.6) is 0 Å². The lowest BCUT2D eigenvalue weighted by Gasteiger charge is -2.24. The Kier molecular flexibility index (Phi) is 4.59. The molecule has 0 fully saturated rings. The van der Waals surface area contributed by atoms with Crippen molar-refractivity contribution in [3.8, 4) is 0 Å². The first-order chi connectivity index (χ1) is 10.4. The van der Waals surface area contributed by atoms with Gasteiger partial charge in [0, 0.05) is 12.7 Å². The SMILES string of the molecule is CCn1cc(NC(=O)[C@H]2CC=CC[C@H]2C(=O)O)c(C(N)=O)n1. The summed E-state index contributed by atoms with van der Waals surface area (Å²) in [5.74, 6) is -3.67. The first-order valence-electron chi connectivity index (χ1n) is 7.00. The molecule has 0 bridgehead atoms. The maximum absolute atomic E-state index is 12.4. The third-order valence-corrected chi connectivity index (χ3v) is 3.66. The molecule has 2 rings (SSSR count). The van der Waals surface area contributed by atoms with Crippen LogP contribution in [0.3, 0.4) is 0 Å². The molecule has 8 heteroatoms. The number of aryl methyl sites for hydroxylation is 1. The third kappa shape index (κ3) is 3.16. The number of carbonyl (C=O) groups excluding carboxylic acids is 2. The van der Waals surface area contributed by atoms with E-state index in [-0.39, 0.29) is 11.4 Å². The summed E-state index contributed by atoms with van der Waals surface area (Å²) >= 11 is 0. The molecule has 22 heavy (non-hydrogen) atoms. The lowest BCUT2D eigenvalue weighted by Crippen LogP contribution is -2.35. The van der Waals surface area contributed by atoms with Crippen LogP contribution in [-0.2, 0) is 16.1 Å². The summed E-state index contributed by atoms with van der Waals surface area (Å²) < 4.78 is 1.48. The molecule has 1 aromatic heterocycles. The molecular weight excluding hydrogens is 288 g/mol. The number of allylic oxidation sites excluding steroid dienone is 2. The van der Waals surface area contributed by atoms with Crippen LogP contribution >= 0.6 is 0 Å². The van der Waals surface area contributed by atoms with Gasteiger partial charge in [0.1, 0.15) is 0 Å². The predicted molar refractivity (Wildman–Crippen MR) is 78.0 cm³/mol. The fourth-order valence-corrected chi connectivity index (χ4v) is 2.46. The molecule has 0 radical (unpaired) electrons. The van der Waals surface area contributed by atoms with E-state index in [1.54, 1.807) is 12.2 Å². The molecule has 4 N–H and O–H groups in total. The molecule has 8 nitrogen and oxygen atoms in total. The molecule has 2 atom stereocenters. The van der Waals surface area contributed by atoms with E-state index in [0.717, 1.165) is 0 Å². The van der Waals surface area contributed by atoms with Crippen molar-refractivity contribution in [2.24, 2.45) is 17.6 Å². The van der Waals surface area contributed by atoms with E-state index < -0.39 is 29.6 Å². The minimum absolute atomic E-state index is 0.0339. The topological polar surface area (TPSA) is 127 Å². The van der Waals surface area contributed by atoms with Crippen LogP contribution in [0.15, 0.2) is 18.3 Å². The van der Waals surface area contributed by atoms with Crippen LogP contribution in [-0.4, -0.2) is 32.7 Å². The number of nitrogens with one attached hydrogen (secondary N) is 1. The molecule has 118 valence electrons. The second kappa shape index (κ2) is 6.42. The highest BCUT2D eigenvalue weighted by Crippen LogP contribution is 2.27. The van der Waals surface area contributed by atoms with E-state index in [1.807, 2.05) is 6.92 Å². The molecule has 0 saturated carbocycles. The Labute approximate surface area is 127 Å². The normalized spacial score (nSPS) is 20.6. The first kappa shape index (κ1) is 15.7. The van der Waals surface area contributed by atoms with Gasteiger partial charge in [0.2, 0.25) is 5.91 Å². The lowest BCUT2D eigenvalue weighted by molar-refractivity contribution is -0.146. The number of amides is 2. The summed E-state index contributed by atoms with van der Waals surface area (Å²) in [6.07, 6.45) is 5.70. The Bertz CT molecular complexity index is 635. The Morgan fingerprint density at radius 2 is 2.00 bits per heavy atom. The van der Waals surface area contributed by atoms with Gasteiger partial charge < -0.3 is 16.2 Å². The van der Waals surface area contributed by atoms with Gasteiger partial charge in [0.15, 0.2) is 5.69 Å². The molecule has 0 spiro atoms. The highest BCUT2D eigenvalue weighted by atomic mass is 16.4. The summed E-state index contributed by atoms with van der Waals surface area (Å²) in [7, 11) is 0. The highest BCUT2D eigenvalue weighted by Gasteiger charge is 2.34. The van der Waals surface area contributed by atoms with E-state index >= 15 is 0 Å². The summed E-state index contributed by atoms with van der Waals surface area (Å²) in [4.78, 5) is 35.0. The second-order valence-corrected chi connectivity index (χ2v) is 5.09. The maximum Gasteiger partial charge on any atom is 0.307 e. The van der Waals surface area contributed by atoms with E-state index in [4.69, 9.17) is 5.73 Å². The maximum atomic E-state index is 12.4. The summed E-state index contributed by atoms with van der Waals surface area (Å²) in [5.41, 5.74) is 5.41. The van der Waals surface area contributed by atoms with Crippen LogP contribution < -0.4 is 11.1 Å². The number of primary amides is 1. The number of rotatable bonds is 5. The molecule has 1 heterocycles. The van der Waals surface area contributed by atoms with Crippen molar-refractivity contribution < 1.29 is 19.5 Å². The molecule has 0 unspecified atom stereocenters. The third-order valence-electron chi connectivity index (χ3n) is 3.66. The largest absolute Gasteiger partial charge is 0.481 e. The molecule has 1 aromatic rings. The zero-order chi connectivity index (χ0) is 16.3. The van der Waals surface area contributed by atoms with E-state index in [0.29, 0.717) is 19.4 Å². The first-order valence-corrected chi connectivity index (χ1v) is 7.00. The molecule has 0 saturated heterocycles. The number of aromatic nitrogens is 2. The molecule has 1 aliphatic carbocycles. The Morgan fingerprint density at radius 3 is 2.55 bits per heavy atom. The number of hydrogen-bond acceptors (Lipinski definition) is 4. The van der Waals surface area contributed by atoms with E-state index in [9.17, 15) is 19.5 Å². The number of carboxylic acids is 1. The number of carboxylic acid groups (broad SMARTS) is 1. The van der Waals surface area contributed by atoms with Gasteiger partial charge in [-0.05, 0) is 19.8 Å². The van der Waals surface area contributed by atoms with Crippen molar-refractivity contribution in [1.82, 2.24) is 9.78 Å². The minimum Gasteiger partial charge on any atom is -0.481 e. The van der Waals surface area contributed by atoms with E-state index in [1.165, 1.54) is 10.9 Å². The number of aliphatic carboxylic acids is 1. The fraction of sp³-hybridized carbons (Fsp3) is 0.429. The molecule has 1 aliphatic rings. The van der Waals surface area contributed by atoms with Crippen molar-refractivity contribution in [2.75, 3.05) is 5.32 Å². The van der Waals surface area contributed by atoms with Crippen LogP contribution in [0, 0.1) is 11.8 Å². The second-order valence-electron chi connectivity index (χ2n) is 5.09. The number of anilines is 1. The Morgan fingerprint density at radius 1 is 1.36 bits per heavy atom. The molecule has 2 amide bonds. The highest BCUT2D eigenvalue weighted by molar-refractivity contribution is 6.02. The van der Waals surface area contributed by atoms with Gasteiger partial charge in [-0.15, -0.1) is 0 Å². The molecule has 0 aromatic carbocycles. The lowest BCUT2D eigenvalue weighted by atomic mass is 9.82. The molecular formula is C14H18N4O4. The van der Waals surface area contributed by atoms with Crippen molar-refractivity contribution >= 4 is 23.5 Å². The van der Waals surface area contributed by atoms with Gasteiger partial charge in [-0.2, -0.15) is 5.10 Å². The van der Waals surface area contributed by atoms with Crippen LogP contribution in [0.25, 0.3) is 0 Å². The van der Waals surface area contributed by atoms with Gasteiger partial charge in [-0.1, -0.05) is 12.2 Å². The standard InChI is InChI=1S/C14H18N4O4/c1-2-18-7-10(11(17-18)12(15)19)16-13(20)8-5-3-4-6-9(8)14(21)22/h3-4,7-9H,2,5-6H2,1H3,(H2,15,19)(H,16,20)(H,21,22)/t8-,9+/m0/s1. The van der Waals surface area contributed by atoms with Gasteiger partial charge >= 0.3 is 5.97 Å². The summed E-state index contributed by atoms with van der Waals surface area (Å²) in [5, 5.41) is 15.8. The van der Waals surface area contributed by atoms with Crippen LogP contribution in [0.4, 0.5) is 5.69 Å². The van der Waals surface area contributed by atoms with Gasteiger partial charge in [0.25, 0.3) is 5.91 Å². The van der Waals surface area contributed by atoms with Gasteiger partial charge in [-0.3, -0.25) is 19.1 Å². The van der Waals surface area contributed by atoms with Crippen molar-refractivity contribution in [2.45, 2.75) is 26.3 Å². The number of nitrogens with two attached hydrogens (primary N) is 1. The zero-order valence-corrected chi connectivity index (χ0v) is 12.2. The van der Waals surface area contributed by atoms with Gasteiger partial charge in [-0.25, -0.2) is 0 Å². The average molecular weight is 306 g/mol. The number of hydrogen-bond donors (Lipinski definition) is 3. The smallest absolute Gasteiger partial charge is 0.307 e. The van der Waals surface area contributed by atoms with Crippen molar-refractivity contribution in [1.29, 1.82) is 0 Å². The quantitative estimate of drug-likeness (QED) is 0.687. The summed E-state index contributed by atoms with van der Waals surface area (Å²) in [6.45, 7) is 2.34. The Hall–Kier alpha value is -2.64. The summed E-state index contributed by atoms with van der Waals surface area (Å²) in [6, 6.07) is 0. The van der Waals surface area contributed by atoms with Crippen molar-refractivity contribution in [3.05, 3.63) is 24.0 Å². The monoisotopic (exact) mass is 306 g/mol. The average Bonchev–Trinajstić information content (AvgIpc) is 2.90. The minimum atomic E-state index is -1.01. The van der Waals surface area contributed by atoms with Gasteiger partial charge in [0.05, 0.1) is 17.5 Å². The van der Waals surface area contributed by atoms with Crippen LogP contribution in [0.2, 0.25) is 0 Å². The molecule has 0 aliphatic heterocycles. The van der Waals surface area contributed by atoms with Crippen molar-refractivity contribution in [3.63, 3.8) is 0 Å². The predicted octanol–water partition coefficient (Wildman–Crippen LogP) is 0.607. The van der Waals surface area contributed by atoms with E-state index in [2.05, 4.69) is 10.4 Å². The number of carbonyl (C=O) groups is 3.